The van der Waals surface area contributed by atoms with Crippen LogP contribution in [0.5, 0.6) is 0 Å². The molecule has 0 fully saturated rings. The highest BCUT2D eigenvalue weighted by atomic mass is 19.4. The summed E-state index contributed by atoms with van der Waals surface area (Å²) in [7, 11) is 0. The summed E-state index contributed by atoms with van der Waals surface area (Å²) in [5.74, 6) is -1.97. The lowest BCUT2D eigenvalue weighted by Crippen LogP contribution is -2.21. The van der Waals surface area contributed by atoms with E-state index in [1.807, 2.05) is 51.1 Å². The summed E-state index contributed by atoms with van der Waals surface area (Å²) >= 11 is 0. The Morgan fingerprint density at radius 1 is 1.00 bits per heavy atom. The van der Waals surface area contributed by atoms with Crippen LogP contribution in [-0.4, -0.2) is 52.2 Å². The van der Waals surface area contributed by atoms with Gasteiger partial charge in [-0.15, -0.1) is 0 Å². The zero-order chi connectivity index (χ0) is 29.0. The van der Waals surface area contributed by atoms with Crippen molar-refractivity contribution in [3.05, 3.63) is 84.1 Å². The number of halogens is 4. The van der Waals surface area contributed by atoms with Crippen molar-refractivity contribution >= 4 is 17.6 Å². The number of aromatic nitrogens is 7. The Kier molecular flexibility index (Phi) is 7.88. The first-order valence-electron chi connectivity index (χ1n) is 11.6. The number of nitrogens with zero attached hydrogens (tertiary/aromatic N) is 6. The lowest BCUT2D eigenvalue weighted by molar-refractivity contribution is -0.192. The van der Waals surface area contributed by atoms with E-state index in [0.717, 1.165) is 33.9 Å². The van der Waals surface area contributed by atoms with E-state index in [9.17, 15) is 17.6 Å². The number of hydrogen-bond donors (Lipinski definition) is 3. The average molecular weight is 555 g/mol. The van der Waals surface area contributed by atoms with E-state index in [-0.39, 0.29) is 5.82 Å². The second kappa shape index (κ2) is 11.3. The van der Waals surface area contributed by atoms with Crippen molar-refractivity contribution in [3.8, 4) is 28.1 Å². The van der Waals surface area contributed by atoms with E-state index in [2.05, 4.69) is 35.6 Å². The van der Waals surface area contributed by atoms with E-state index in [1.54, 1.807) is 23.3 Å². The Balaban J connectivity index is 0.000000470. The molecule has 0 aliphatic heterocycles. The summed E-state index contributed by atoms with van der Waals surface area (Å²) in [5.41, 5.74) is 6.34. The number of benzene rings is 2. The van der Waals surface area contributed by atoms with Crippen molar-refractivity contribution in [2.45, 2.75) is 26.9 Å². The van der Waals surface area contributed by atoms with Gasteiger partial charge in [0.2, 0.25) is 5.95 Å². The van der Waals surface area contributed by atoms with Crippen LogP contribution in [0.2, 0.25) is 0 Å². The fraction of sp³-hybridized carbons (Fsp3) is 0.154. The van der Waals surface area contributed by atoms with Crippen molar-refractivity contribution in [3.63, 3.8) is 0 Å². The van der Waals surface area contributed by atoms with Crippen molar-refractivity contribution in [2.24, 2.45) is 0 Å². The zero-order valence-electron chi connectivity index (χ0n) is 21.3. The second-order valence-electron chi connectivity index (χ2n) is 8.51. The van der Waals surface area contributed by atoms with Crippen LogP contribution in [0.3, 0.4) is 0 Å². The summed E-state index contributed by atoms with van der Waals surface area (Å²) in [5, 5.41) is 21.8. The fourth-order valence-electron chi connectivity index (χ4n) is 3.73. The maximum atomic E-state index is 14.5. The minimum absolute atomic E-state index is 0.338. The topological polar surface area (TPSA) is 134 Å². The molecule has 2 aromatic carbocycles. The SMILES string of the molecule is Cc1ncn(-c2ccc(Nc3nccc(-c4cc(F)cc(-c5c(C)n[nH]c5C)c4)n3)cc2)n1.O=C(O)C(F)(F)F. The number of hydrogen-bond acceptors (Lipinski definition) is 7. The molecule has 0 spiro atoms. The van der Waals surface area contributed by atoms with Gasteiger partial charge in [-0.05, 0) is 74.9 Å². The molecule has 0 bridgehead atoms. The molecule has 5 aromatic rings. The Bertz CT molecular complexity index is 1630. The summed E-state index contributed by atoms with van der Waals surface area (Å²) in [6.45, 7) is 5.66. The van der Waals surface area contributed by atoms with E-state index in [4.69, 9.17) is 9.90 Å². The quantitative estimate of drug-likeness (QED) is 0.241. The third-order valence-electron chi connectivity index (χ3n) is 5.50. The standard InChI is InChI=1S/C24H21FN8.C2HF3O2/c1-14-23(15(2)31-30-14)18-10-17(11-19(25)12-18)22-8-9-26-24(29-22)28-20-4-6-21(7-5-20)33-13-27-16(3)32-33;3-2(4,5)1(6)7/h4-13H,1-3H3,(H,30,31)(H,26,28,29);(H,6,7). The van der Waals surface area contributed by atoms with Crippen LogP contribution in [0.15, 0.2) is 61.1 Å². The number of carboxylic acid groups (broad SMARTS) is 1. The van der Waals surface area contributed by atoms with Gasteiger partial charge >= 0.3 is 12.1 Å². The normalized spacial score (nSPS) is 11.1. The van der Waals surface area contributed by atoms with E-state index in [1.165, 1.54) is 12.1 Å². The molecule has 206 valence electrons. The Labute approximate surface area is 224 Å². The van der Waals surface area contributed by atoms with Crippen molar-refractivity contribution in [2.75, 3.05) is 5.32 Å². The highest BCUT2D eigenvalue weighted by molar-refractivity contribution is 5.75. The van der Waals surface area contributed by atoms with Gasteiger partial charge in [-0.25, -0.2) is 28.8 Å². The molecule has 0 saturated carbocycles. The molecular weight excluding hydrogens is 532 g/mol. The first-order valence-corrected chi connectivity index (χ1v) is 11.6. The molecule has 3 N–H and O–H groups in total. The molecule has 0 aliphatic carbocycles. The van der Waals surface area contributed by atoms with Crippen LogP contribution < -0.4 is 5.32 Å². The van der Waals surface area contributed by atoms with Crippen LogP contribution >= 0.6 is 0 Å². The Morgan fingerprint density at radius 3 is 2.25 bits per heavy atom. The van der Waals surface area contributed by atoms with Gasteiger partial charge in [0.25, 0.3) is 0 Å². The van der Waals surface area contributed by atoms with E-state index in [0.29, 0.717) is 23.0 Å². The molecule has 0 aliphatic rings. The van der Waals surface area contributed by atoms with Gasteiger partial charge < -0.3 is 10.4 Å². The van der Waals surface area contributed by atoms with Gasteiger partial charge in [-0.3, -0.25) is 5.10 Å². The summed E-state index contributed by atoms with van der Waals surface area (Å²) < 4.78 is 47.9. The average Bonchev–Trinajstić information content (AvgIpc) is 3.48. The monoisotopic (exact) mass is 554 g/mol. The summed E-state index contributed by atoms with van der Waals surface area (Å²) in [6.07, 6.45) is -1.76. The predicted octanol–water partition coefficient (Wildman–Crippen LogP) is 5.56. The smallest absolute Gasteiger partial charge is 0.475 e. The molecule has 0 unspecified atom stereocenters. The number of aliphatic carboxylic acids is 1. The number of aromatic amines is 1. The van der Waals surface area contributed by atoms with Crippen LogP contribution in [0.25, 0.3) is 28.1 Å². The maximum Gasteiger partial charge on any atom is 0.490 e. The number of carboxylic acids is 1. The van der Waals surface area contributed by atoms with Crippen molar-refractivity contribution in [1.82, 2.24) is 34.9 Å². The second-order valence-corrected chi connectivity index (χ2v) is 8.51. The number of aryl methyl sites for hydroxylation is 3. The van der Waals surface area contributed by atoms with Gasteiger partial charge in [0, 0.05) is 28.7 Å². The molecule has 14 heteroatoms. The van der Waals surface area contributed by atoms with Crippen molar-refractivity contribution in [1.29, 1.82) is 0 Å². The van der Waals surface area contributed by atoms with Gasteiger partial charge in [0.1, 0.15) is 18.0 Å². The first-order chi connectivity index (χ1) is 18.9. The summed E-state index contributed by atoms with van der Waals surface area (Å²) in [4.78, 5) is 21.9. The maximum absolute atomic E-state index is 14.5. The first kappa shape index (κ1) is 27.9. The molecular formula is C26H22F4N8O2. The molecule has 40 heavy (non-hydrogen) atoms. The van der Waals surface area contributed by atoms with Crippen LogP contribution in [-0.2, 0) is 4.79 Å². The molecule has 10 nitrogen and oxygen atoms in total. The minimum Gasteiger partial charge on any atom is -0.475 e. The lowest BCUT2D eigenvalue weighted by atomic mass is 10.00. The zero-order valence-corrected chi connectivity index (χ0v) is 21.3. The molecule has 0 radical (unpaired) electrons. The number of carbonyl (C=O) groups is 1. The minimum atomic E-state index is -5.08. The number of rotatable bonds is 5. The van der Waals surface area contributed by atoms with Crippen LogP contribution in [0.1, 0.15) is 17.2 Å². The Hall–Kier alpha value is -5.14. The number of nitrogens with one attached hydrogen (secondary N) is 2. The largest absolute Gasteiger partial charge is 0.490 e. The number of anilines is 2. The predicted molar refractivity (Wildman–Crippen MR) is 138 cm³/mol. The third kappa shape index (κ3) is 6.64. The molecule has 0 saturated heterocycles. The Morgan fingerprint density at radius 2 is 1.68 bits per heavy atom. The summed E-state index contributed by atoms with van der Waals surface area (Å²) in [6, 6.07) is 14.3. The molecule has 3 aromatic heterocycles. The molecule has 0 amide bonds. The van der Waals surface area contributed by atoms with Crippen LogP contribution in [0.4, 0.5) is 29.2 Å². The lowest BCUT2D eigenvalue weighted by Gasteiger charge is -2.09. The number of H-pyrrole nitrogens is 1. The van der Waals surface area contributed by atoms with Crippen LogP contribution in [0, 0.1) is 26.6 Å². The van der Waals surface area contributed by atoms with E-state index < -0.39 is 12.1 Å². The highest BCUT2D eigenvalue weighted by Crippen LogP contribution is 2.30. The van der Waals surface area contributed by atoms with E-state index >= 15 is 0 Å². The van der Waals surface area contributed by atoms with Gasteiger partial charge in [-0.1, -0.05) is 0 Å². The van der Waals surface area contributed by atoms with Crippen molar-refractivity contribution < 1.29 is 27.5 Å². The fourth-order valence-corrected chi connectivity index (χ4v) is 3.73. The van der Waals surface area contributed by atoms with Gasteiger partial charge in [0.05, 0.1) is 17.1 Å². The highest BCUT2D eigenvalue weighted by Gasteiger charge is 2.38. The molecule has 3 heterocycles. The molecule has 0 atom stereocenters. The van der Waals surface area contributed by atoms with Gasteiger partial charge in [-0.2, -0.15) is 23.4 Å². The molecule has 5 rings (SSSR count). The number of alkyl halides is 3. The van der Waals surface area contributed by atoms with Gasteiger partial charge in [0.15, 0.2) is 0 Å². The third-order valence-corrected chi connectivity index (χ3v) is 5.50.